The fraction of sp³-hybridized carbons (Fsp3) is 1.00. The second-order valence-corrected chi connectivity index (χ2v) is 7.05. The van der Waals surface area contributed by atoms with Crippen LogP contribution in [0.15, 0.2) is 0 Å². The van der Waals surface area contributed by atoms with Crippen LogP contribution in [0.4, 0.5) is 0 Å². The summed E-state index contributed by atoms with van der Waals surface area (Å²) in [5.41, 5.74) is 0. The van der Waals surface area contributed by atoms with Gasteiger partial charge >= 0.3 is 0 Å². The molecule has 2 nitrogen and oxygen atoms in total. The van der Waals surface area contributed by atoms with Gasteiger partial charge in [-0.1, -0.05) is 19.8 Å². The number of hydrogen-bond acceptors (Lipinski definition) is 2. The third-order valence-corrected chi connectivity index (χ3v) is 5.32. The quantitative estimate of drug-likeness (QED) is 0.825. The normalized spacial score (nSPS) is 35.0. The molecular formula is C16H30N2. The first kappa shape index (κ1) is 12.9. The molecule has 0 bridgehead atoms. The van der Waals surface area contributed by atoms with E-state index in [0.29, 0.717) is 0 Å². The minimum Gasteiger partial charge on any atom is -0.317 e. The Balaban J connectivity index is 1.56. The third kappa shape index (κ3) is 3.27. The number of rotatable bonds is 4. The Bertz CT molecular complexity index is 256. The molecule has 3 rings (SSSR count). The van der Waals surface area contributed by atoms with Crippen LogP contribution in [0.25, 0.3) is 0 Å². The van der Waals surface area contributed by atoms with Crippen molar-refractivity contribution in [1.29, 1.82) is 0 Å². The maximum atomic E-state index is 3.50. The Morgan fingerprint density at radius 3 is 2.39 bits per heavy atom. The van der Waals surface area contributed by atoms with Crippen molar-refractivity contribution in [3.63, 3.8) is 0 Å². The fourth-order valence-electron chi connectivity index (χ4n) is 4.07. The van der Waals surface area contributed by atoms with Crippen molar-refractivity contribution in [1.82, 2.24) is 10.2 Å². The highest BCUT2D eigenvalue weighted by Crippen LogP contribution is 2.36. The zero-order chi connectivity index (χ0) is 12.4. The van der Waals surface area contributed by atoms with Gasteiger partial charge in [-0.05, 0) is 63.5 Å². The van der Waals surface area contributed by atoms with E-state index in [4.69, 9.17) is 0 Å². The molecule has 2 heteroatoms. The highest BCUT2D eigenvalue weighted by molar-refractivity contribution is 4.92. The van der Waals surface area contributed by atoms with E-state index < -0.39 is 0 Å². The van der Waals surface area contributed by atoms with Crippen molar-refractivity contribution in [3.05, 3.63) is 0 Å². The molecule has 0 amide bonds. The van der Waals surface area contributed by atoms with Crippen LogP contribution in [0.2, 0.25) is 0 Å². The minimum atomic E-state index is 0.927. The lowest BCUT2D eigenvalue weighted by molar-refractivity contribution is 0.0993. The summed E-state index contributed by atoms with van der Waals surface area (Å²) in [5, 5.41) is 3.50. The predicted molar refractivity (Wildman–Crippen MR) is 76.7 cm³/mol. The largest absolute Gasteiger partial charge is 0.317 e. The first-order valence-electron chi connectivity index (χ1n) is 8.29. The van der Waals surface area contributed by atoms with Crippen molar-refractivity contribution in [2.45, 2.75) is 70.4 Å². The van der Waals surface area contributed by atoms with Gasteiger partial charge in [-0.2, -0.15) is 0 Å². The molecule has 0 aromatic heterocycles. The van der Waals surface area contributed by atoms with Gasteiger partial charge in [0.15, 0.2) is 0 Å². The lowest BCUT2D eigenvalue weighted by Crippen LogP contribution is -2.44. The molecule has 2 unspecified atom stereocenters. The second kappa shape index (κ2) is 5.92. The molecule has 0 spiro atoms. The van der Waals surface area contributed by atoms with Crippen LogP contribution in [0.3, 0.4) is 0 Å². The Morgan fingerprint density at radius 2 is 1.72 bits per heavy atom. The van der Waals surface area contributed by atoms with Crippen LogP contribution in [-0.2, 0) is 0 Å². The Morgan fingerprint density at radius 1 is 0.944 bits per heavy atom. The average molecular weight is 250 g/mol. The molecule has 3 fully saturated rings. The first-order valence-corrected chi connectivity index (χ1v) is 8.29. The van der Waals surface area contributed by atoms with Gasteiger partial charge in [-0.15, -0.1) is 0 Å². The molecule has 1 saturated heterocycles. The minimum absolute atomic E-state index is 0.927. The van der Waals surface area contributed by atoms with E-state index >= 15 is 0 Å². The molecule has 0 aromatic carbocycles. The number of hydrogen-bond donors (Lipinski definition) is 1. The van der Waals surface area contributed by atoms with Gasteiger partial charge in [0, 0.05) is 18.6 Å². The fourth-order valence-corrected chi connectivity index (χ4v) is 4.07. The Labute approximate surface area is 113 Å². The van der Waals surface area contributed by atoms with E-state index in [0.717, 1.165) is 23.9 Å². The summed E-state index contributed by atoms with van der Waals surface area (Å²) < 4.78 is 0. The first-order chi connectivity index (χ1) is 8.83. The van der Waals surface area contributed by atoms with Gasteiger partial charge in [-0.25, -0.2) is 0 Å². The number of piperidine rings is 1. The van der Waals surface area contributed by atoms with Crippen molar-refractivity contribution >= 4 is 0 Å². The van der Waals surface area contributed by atoms with Crippen LogP contribution >= 0.6 is 0 Å². The van der Waals surface area contributed by atoms with E-state index in [9.17, 15) is 0 Å². The smallest absolute Gasteiger partial charge is 0.0101 e. The molecule has 0 aromatic rings. The number of nitrogens with zero attached hydrogens (tertiary/aromatic N) is 1. The van der Waals surface area contributed by atoms with Gasteiger partial charge in [0.1, 0.15) is 0 Å². The van der Waals surface area contributed by atoms with Crippen molar-refractivity contribution < 1.29 is 0 Å². The topological polar surface area (TPSA) is 15.3 Å². The van der Waals surface area contributed by atoms with Crippen LogP contribution in [0.5, 0.6) is 0 Å². The molecule has 1 N–H and O–H groups in total. The third-order valence-electron chi connectivity index (χ3n) is 5.32. The molecule has 1 aliphatic heterocycles. The van der Waals surface area contributed by atoms with Crippen LogP contribution in [0, 0.1) is 11.8 Å². The van der Waals surface area contributed by atoms with Gasteiger partial charge in [0.25, 0.3) is 0 Å². The van der Waals surface area contributed by atoms with Gasteiger partial charge in [0.05, 0.1) is 0 Å². The lowest BCUT2D eigenvalue weighted by Gasteiger charge is -2.39. The summed E-state index contributed by atoms with van der Waals surface area (Å²) in [6.07, 6.45) is 11.7. The molecule has 104 valence electrons. The summed E-state index contributed by atoms with van der Waals surface area (Å²) in [6.45, 7) is 6.37. The molecule has 1 heterocycles. The number of nitrogens with one attached hydrogen (secondary N) is 1. The van der Waals surface area contributed by atoms with E-state index in [2.05, 4.69) is 17.1 Å². The summed E-state index contributed by atoms with van der Waals surface area (Å²) in [6, 6.07) is 1.89. The SMILES string of the molecule is CC1CCCC(N(CC2CCNCC2)C2CC2)C1. The van der Waals surface area contributed by atoms with Crippen LogP contribution < -0.4 is 5.32 Å². The molecule has 2 saturated carbocycles. The molecule has 3 aliphatic rings. The summed E-state index contributed by atoms with van der Waals surface area (Å²) in [4.78, 5) is 2.94. The molecule has 2 atom stereocenters. The molecule has 18 heavy (non-hydrogen) atoms. The second-order valence-electron chi connectivity index (χ2n) is 7.05. The molecule has 2 aliphatic carbocycles. The standard InChI is InChI=1S/C16H30N2/c1-13-3-2-4-16(11-13)18(15-5-6-15)12-14-7-9-17-10-8-14/h13-17H,2-12H2,1H3. The maximum absolute atomic E-state index is 3.50. The zero-order valence-electron chi connectivity index (χ0n) is 12.0. The highest BCUT2D eigenvalue weighted by atomic mass is 15.2. The van der Waals surface area contributed by atoms with Crippen molar-refractivity contribution in [2.75, 3.05) is 19.6 Å². The maximum Gasteiger partial charge on any atom is 0.0101 e. The van der Waals surface area contributed by atoms with Crippen LogP contribution in [-0.4, -0.2) is 36.6 Å². The van der Waals surface area contributed by atoms with Crippen LogP contribution in [0.1, 0.15) is 58.3 Å². The molecular weight excluding hydrogens is 220 g/mol. The van der Waals surface area contributed by atoms with E-state index in [1.165, 1.54) is 71.0 Å². The summed E-state index contributed by atoms with van der Waals surface area (Å²) in [7, 11) is 0. The van der Waals surface area contributed by atoms with E-state index in [-0.39, 0.29) is 0 Å². The van der Waals surface area contributed by atoms with Gasteiger partial charge < -0.3 is 5.32 Å². The predicted octanol–water partition coefficient (Wildman–Crippen LogP) is 3.03. The highest BCUT2D eigenvalue weighted by Gasteiger charge is 2.36. The summed E-state index contributed by atoms with van der Waals surface area (Å²) >= 11 is 0. The zero-order valence-corrected chi connectivity index (χ0v) is 12.0. The van der Waals surface area contributed by atoms with Crippen molar-refractivity contribution in [2.24, 2.45) is 11.8 Å². The summed E-state index contributed by atoms with van der Waals surface area (Å²) in [5.74, 6) is 1.95. The Kier molecular flexibility index (Phi) is 4.25. The van der Waals surface area contributed by atoms with Gasteiger partial charge in [0.2, 0.25) is 0 Å². The average Bonchev–Trinajstić information content (AvgIpc) is 3.21. The monoisotopic (exact) mass is 250 g/mol. The molecule has 0 radical (unpaired) electrons. The lowest BCUT2D eigenvalue weighted by atomic mass is 9.85. The van der Waals surface area contributed by atoms with E-state index in [1.807, 2.05) is 0 Å². The van der Waals surface area contributed by atoms with Crippen molar-refractivity contribution in [3.8, 4) is 0 Å². The Hall–Kier alpha value is -0.0800. The van der Waals surface area contributed by atoms with Gasteiger partial charge in [-0.3, -0.25) is 4.90 Å². The van der Waals surface area contributed by atoms with E-state index in [1.54, 1.807) is 0 Å².